The summed E-state index contributed by atoms with van der Waals surface area (Å²) < 4.78 is 0. The highest BCUT2D eigenvalue weighted by molar-refractivity contribution is 7.80. The summed E-state index contributed by atoms with van der Waals surface area (Å²) in [5, 5.41) is 3.07. The number of hydrogen-bond donors (Lipinski definition) is 2. The molecule has 0 aliphatic heterocycles. The lowest BCUT2D eigenvalue weighted by atomic mass is 10.0. The van der Waals surface area contributed by atoms with Crippen LogP contribution in [0.1, 0.15) is 32.6 Å². The summed E-state index contributed by atoms with van der Waals surface area (Å²) in [6.07, 6.45) is 3.99. The summed E-state index contributed by atoms with van der Waals surface area (Å²) in [5.41, 5.74) is 0.231. The Balaban J connectivity index is 2.18. The van der Waals surface area contributed by atoms with Crippen LogP contribution in [0.4, 0.5) is 0 Å². The zero-order valence-electron chi connectivity index (χ0n) is 10.6. The molecule has 4 heteroatoms. The quantitative estimate of drug-likeness (QED) is 0.666. The van der Waals surface area contributed by atoms with E-state index < -0.39 is 0 Å². The van der Waals surface area contributed by atoms with E-state index >= 15 is 0 Å². The minimum absolute atomic E-state index is 0.192. The van der Waals surface area contributed by atoms with E-state index in [4.69, 9.17) is 0 Å². The lowest BCUT2D eigenvalue weighted by Crippen LogP contribution is -2.36. The van der Waals surface area contributed by atoms with Crippen molar-refractivity contribution >= 4 is 18.5 Å². The van der Waals surface area contributed by atoms with E-state index in [1.807, 2.05) is 0 Å². The van der Waals surface area contributed by atoms with Crippen molar-refractivity contribution in [3.8, 4) is 0 Å². The molecule has 1 saturated carbocycles. The first-order chi connectivity index (χ1) is 7.47. The van der Waals surface area contributed by atoms with Crippen LogP contribution in [0.5, 0.6) is 0 Å². The van der Waals surface area contributed by atoms with Crippen LogP contribution in [0.3, 0.4) is 0 Å². The molecule has 3 nitrogen and oxygen atoms in total. The Kier molecular flexibility index (Phi) is 5.12. The smallest absolute Gasteiger partial charge is 0.220 e. The number of hydrogen-bond acceptors (Lipinski definition) is 3. The highest BCUT2D eigenvalue weighted by atomic mass is 32.1. The molecule has 16 heavy (non-hydrogen) atoms. The SMILES string of the molecule is CC(CCN(C)C)NC(=O)CC1(CS)CC1. The van der Waals surface area contributed by atoms with Crippen LogP contribution in [0.25, 0.3) is 0 Å². The van der Waals surface area contributed by atoms with E-state index in [0.29, 0.717) is 6.42 Å². The highest BCUT2D eigenvalue weighted by Crippen LogP contribution is 2.49. The molecule has 0 aromatic carbocycles. The fraction of sp³-hybridized carbons (Fsp3) is 0.917. The fourth-order valence-electron chi connectivity index (χ4n) is 1.76. The molecule has 0 heterocycles. The van der Waals surface area contributed by atoms with Gasteiger partial charge in [0.2, 0.25) is 5.91 Å². The molecule has 94 valence electrons. The van der Waals surface area contributed by atoms with Crippen LogP contribution in [-0.4, -0.2) is 43.2 Å². The summed E-state index contributed by atoms with van der Waals surface area (Å²) in [7, 11) is 4.10. The van der Waals surface area contributed by atoms with Gasteiger partial charge in [-0.25, -0.2) is 0 Å². The van der Waals surface area contributed by atoms with Crippen molar-refractivity contribution in [2.45, 2.75) is 38.6 Å². The Hall–Kier alpha value is -0.220. The number of amides is 1. The molecule has 0 saturated heterocycles. The zero-order valence-corrected chi connectivity index (χ0v) is 11.5. The van der Waals surface area contributed by atoms with Crippen molar-refractivity contribution in [1.82, 2.24) is 10.2 Å². The van der Waals surface area contributed by atoms with Gasteiger partial charge < -0.3 is 10.2 Å². The number of thiol groups is 1. The summed E-state index contributed by atoms with van der Waals surface area (Å²) in [6.45, 7) is 3.08. The predicted octanol–water partition coefficient (Wildman–Crippen LogP) is 1.54. The van der Waals surface area contributed by atoms with Gasteiger partial charge in [-0.3, -0.25) is 4.79 Å². The second kappa shape index (κ2) is 5.92. The van der Waals surface area contributed by atoms with Gasteiger partial charge in [0.25, 0.3) is 0 Å². The number of nitrogens with one attached hydrogen (secondary N) is 1. The van der Waals surface area contributed by atoms with Crippen LogP contribution >= 0.6 is 12.6 Å². The second-order valence-corrected chi connectivity index (χ2v) is 5.71. The molecule has 1 amide bonds. The van der Waals surface area contributed by atoms with Crippen molar-refractivity contribution in [1.29, 1.82) is 0 Å². The number of rotatable bonds is 7. The molecule has 1 unspecified atom stereocenters. The lowest BCUT2D eigenvalue weighted by molar-refractivity contribution is -0.122. The van der Waals surface area contributed by atoms with Gasteiger partial charge >= 0.3 is 0 Å². The largest absolute Gasteiger partial charge is 0.354 e. The standard InChI is InChI=1S/C12H24N2OS/c1-10(4-7-14(2)3)13-11(15)8-12(9-16)5-6-12/h10,16H,4-9H2,1-3H3,(H,13,15). The third-order valence-electron chi connectivity index (χ3n) is 3.24. The first-order valence-electron chi connectivity index (χ1n) is 6.02. The normalized spacial score (nSPS) is 19.6. The molecule has 0 bridgehead atoms. The van der Waals surface area contributed by atoms with Gasteiger partial charge in [0.15, 0.2) is 0 Å². The van der Waals surface area contributed by atoms with E-state index in [1.165, 1.54) is 0 Å². The third-order valence-corrected chi connectivity index (χ3v) is 3.92. The average molecular weight is 244 g/mol. The van der Waals surface area contributed by atoms with Crippen molar-refractivity contribution in [2.24, 2.45) is 5.41 Å². The molecule has 1 N–H and O–H groups in total. The van der Waals surface area contributed by atoms with Gasteiger partial charge in [-0.05, 0) is 58.0 Å². The van der Waals surface area contributed by atoms with E-state index in [1.54, 1.807) is 0 Å². The zero-order chi connectivity index (χ0) is 12.2. The summed E-state index contributed by atoms with van der Waals surface area (Å²) in [4.78, 5) is 13.9. The summed E-state index contributed by atoms with van der Waals surface area (Å²) in [5.74, 6) is 1.03. The Morgan fingerprint density at radius 1 is 1.50 bits per heavy atom. The predicted molar refractivity (Wildman–Crippen MR) is 70.9 cm³/mol. The van der Waals surface area contributed by atoms with Crippen LogP contribution in [0.2, 0.25) is 0 Å². The maximum absolute atomic E-state index is 11.8. The van der Waals surface area contributed by atoms with Crippen molar-refractivity contribution in [2.75, 3.05) is 26.4 Å². The van der Waals surface area contributed by atoms with Crippen molar-refractivity contribution in [3.05, 3.63) is 0 Å². The fourth-order valence-corrected chi connectivity index (χ4v) is 2.19. The number of carbonyl (C=O) groups excluding carboxylic acids is 1. The number of nitrogens with zero attached hydrogens (tertiary/aromatic N) is 1. The molecule has 1 fully saturated rings. The van der Waals surface area contributed by atoms with Gasteiger partial charge in [-0.1, -0.05) is 0 Å². The van der Waals surface area contributed by atoms with E-state index in [-0.39, 0.29) is 17.4 Å². The molecule has 0 aromatic heterocycles. The van der Waals surface area contributed by atoms with Gasteiger partial charge in [-0.2, -0.15) is 12.6 Å². The molecule has 1 aliphatic rings. The molecular formula is C12H24N2OS. The van der Waals surface area contributed by atoms with Gasteiger partial charge in [0.1, 0.15) is 0 Å². The first-order valence-corrected chi connectivity index (χ1v) is 6.66. The van der Waals surface area contributed by atoms with Crippen LogP contribution in [-0.2, 0) is 4.79 Å². The Morgan fingerprint density at radius 2 is 2.12 bits per heavy atom. The highest BCUT2D eigenvalue weighted by Gasteiger charge is 2.42. The first kappa shape index (κ1) is 13.8. The molecule has 1 aliphatic carbocycles. The van der Waals surface area contributed by atoms with Crippen molar-refractivity contribution in [3.63, 3.8) is 0 Å². The Bertz CT molecular complexity index is 239. The van der Waals surface area contributed by atoms with Gasteiger partial charge in [-0.15, -0.1) is 0 Å². The van der Waals surface area contributed by atoms with E-state index in [0.717, 1.165) is 31.6 Å². The van der Waals surface area contributed by atoms with Gasteiger partial charge in [0, 0.05) is 12.5 Å². The molecule has 0 aromatic rings. The molecule has 0 radical (unpaired) electrons. The molecule has 1 rings (SSSR count). The maximum atomic E-state index is 11.8. The van der Waals surface area contributed by atoms with Crippen LogP contribution in [0, 0.1) is 5.41 Å². The Labute approximate surface area is 104 Å². The summed E-state index contributed by atoms with van der Waals surface area (Å²) in [6, 6.07) is 0.269. The minimum atomic E-state index is 0.192. The second-order valence-electron chi connectivity index (χ2n) is 5.40. The monoisotopic (exact) mass is 244 g/mol. The van der Waals surface area contributed by atoms with Crippen molar-refractivity contribution < 1.29 is 4.79 Å². The lowest BCUT2D eigenvalue weighted by Gasteiger charge is -2.18. The topological polar surface area (TPSA) is 32.3 Å². The number of carbonyl (C=O) groups is 1. The van der Waals surface area contributed by atoms with Gasteiger partial charge in [0.05, 0.1) is 0 Å². The maximum Gasteiger partial charge on any atom is 0.220 e. The third kappa shape index (κ3) is 4.74. The van der Waals surface area contributed by atoms with Crippen LogP contribution < -0.4 is 5.32 Å². The molecular weight excluding hydrogens is 220 g/mol. The van der Waals surface area contributed by atoms with E-state index in [9.17, 15) is 4.79 Å². The average Bonchev–Trinajstić information content (AvgIpc) is 2.95. The van der Waals surface area contributed by atoms with Crippen LogP contribution in [0.15, 0.2) is 0 Å². The molecule has 1 atom stereocenters. The molecule has 0 spiro atoms. The van der Waals surface area contributed by atoms with E-state index in [2.05, 4.69) is 43.9 Å². The minimum Gasteiger partial charge on any atom is -0.354 e. The Morgan fingerprint density at radius 3 is 2.56 bits per heavy atom. The summed E-state index contributed by atoms with van der Waals surface area (Å²) >= 11 is 4.31.